The molecule has 1 aromatic carbocycles. The first-order valence-corrected chi connectivity index (χ1v) is 5.51. The summed E-state index contributed by atoms with van der Waals surface area (Å²) in [5, 5.41) is 0.613. The van der Waals surface area contributed by atoms with Crippen LogP contribution in [0.15, 0.2) is 39.5 Å². The standard InChI is InChI=1S/C9H6O6S/c10-9-4-2-6-1-3-7(5-8(6)14-9)15-16(11,12)13/h1-5H,(H,11,12,13)/i1+1,3+1,5+1,6+1,7+1,8+1. The highest BCUT2D eigenvalue weighted by molar-refractivity contribution is 7.81. The van der Waals surface area contributed by atoms with Gasteiger partial charge in [0.05, 0.1) is 0 Å². The quantitative estimate of drug-likeness (QED) is 0.628. The lowest BCUT2D eigenvalue weighted by Gasteiger charge is -2.01. The van der Waals surface area contributed by atoms with Gasteiger partial charge in [0.15, 0.2) is 0 Å². The van der Waals surface area contributed by atoms with Crippen molar-refractivity contribution in [2.75, 3.05) is 0 Å². The first kappa shape index (κ1) is 10.7. The van der Waals surface area contributed by atoms with Crippen molar-refractivity contribution in [3.8, 4) is 5.75 Å². The summed E-state index contributed by atoms with van der Waals surface area (Å²) < 4.78 is 38.4. The van der Waals surface area contributed by atoms with Gasteiger partial charge < -0.3 is 8.60 Å². The lowest BCUT2D eigenvalue weighted by molar-refractivity contribution is 0.386. The second kappa shape index (κ2) is 3.62. The average Bonchev–Trinajstić information content (AvgIpc) is 2.14. The monoisotopic (exact) mass is 248 g/mol. The van der Waals surface area contributed by atoms with E-state index in [2.05, 4.69) is 4.18 Å². The zero-order chi connectivity index (χ0) is 11.8. The van der Waals surface area contributed by atoms with Gasteiger partial charge in [-0.3, -0.25) is 4.55 Å². The summed E-state index contributed by atoms with van der Waals surface area (Å²) in [7, 11) is -4.58. The summed E-state index contributed by atoms with van der Waals surface area (Å²) in [5.74, 6) is -0.135. The molecule has 2 aromatic rings. The van der Waals surface area contributed by atoms with E-state index in [-0.39, 0.29) is 11.3 Å². The van der Waals surface area contributed by atoms with Crippen LogP contribution in [0.1, 0.15) is 0 Å². The van der Waals surface area contributed by atoms with Crippen molar-refractivity contribution >= 4 is 21.4 Å². The smallest absolute Gasteiger partial charge is 0.423 e. The normalized spacial score (nSPS) is 11.6. The molecular weight excluding hydrogens is 242 g/mol. The zero-order valence-electron chi connectivity index (χ0n) is 7.78. The first-order valence-electron chi connectivity index (χ1n) is 4.15. The van der Waals surface area contributed by atoms with E-state index in [1.807, 2.05) is 0 Å². The average molecular weight is 248 g/mol. The molecule has 1 aromatic heterocycles. The lowest BCUT2D eigenvalue weighted by Crippen LogP contribution is -2.06. The fourth-order valence-electron chi connectivity index (χ4n) is 1.21. The Hall–Kier alpha value is -1.86. The Morgan fingerprint density at radius 1 is 1.19 bits per heavy atom. The molecule has 6 nitrogen and oxygen atoms in total. The minimum atomic E-state index is -4.58. The number of fused-ring (bicyclic) bond motifs is 1. The summed E-state index contributed by atoms with van der Waals surface area (Å²) in [6.07, 6.45) is 0. The lowest BCUT2D eigenvalue weighted by atomic mass is 10.7. The highest BCUT2D eigenvalue weighted by Crippen LogP contribution is 2.20. The molecule has 0 saturated heterocycles. The SMILES string of the molecule is O=c1cc[13c]2[13cH][13cH][13c](OS(=O)(=O)O)[13cH][13c]2o1. The van der Waals surface area contributed by atoms with Gasteiger partial charge in [0, 0.05) is 17.5 Å². The van der Waals surface area contributed by atoms with Crippen LogP contribution in [0.25, 0.3) is 11.0 Å². The zero-order valence-corrected chi connectivity index (χ0v) is 8.60. The molecular formula is C9H6O6S. The Morgan fingerprint density at radius 3 is 2.56 bits per heavy atom. The number of benzene rings is 1. The molecule has 0 unspecified atom stereocenters. The summed E-state index contributed by atoms with van der Waals surface area (Å²) in [6, 6.07) is 6.80. The van der Waals surface area contributed by atoms with Crippen molar-refractivity contribution in [3.63, 3.8) is 0 Å². The molecule has 1 heterocycles. The number of hydrogen-bond donors (Lipinski definition) is 1. The van der Waals surface area contributed by atoms with E-state index in [4.69, 9.17) is 8.97 Å². The molecule has 0 aliphatic rings. The van der Waals surface area contributed by atoms with Gasteiger partial charge in [0.25, 0.3) is 0 Å². The van der Waals surface area contributed by atoms with Gasteiger partial charge in [-0.15, -0.1) is 0 Å². The van der Waals surface area contributed by atoms with Crippen LogP contribution in [-0.2, 0) is 10.4 Å². The topological polar surface area (TPSA) is 93.8 Å². The molecule has 0 amide bonds. The maximum Gasteiger partial charge on any atom is 0.446 e. The summed E-state index contributed by atoms with van der Waals surface area (Å²) >= 11 is 0. The van der Waals surface area contributed by atoms with Crippen LogP contribution in [0, 0.1) is 0 Å². The van der Waals surface area contributed by atoms with Gasteiger partial charge in [-0.05, 0) is 18.2 Å². The molecule has 0 spiro atoms. The van der Waals surface area contributed by atoms with Crippen LogP contribution in [-0.4, -0.2) is 13.0 Å². The molecule has 7 heteroatoms. The third-order valence-electron chi connectivity index (χ3n) is 1.80. The fourth-order valence-corrected chi connectivity index (χ4v) is 1.56. The maximum absolute atomic E-state index is 10.9. The van der Waals surface area contributed by atoms with Crippen molar-refractivity contribution in [1.29, 1.82) is 0 Å². The van der Waals surface area contributed by atoms with Crippen LogP contribution in [0.4, 0.5) is 0 Å². The summed E-state index contributed by atoms with van der Waals surface area (Å²) in [4.78, 5) is 10.9. The number of rotatable bonds is 2. The fraction of sp³-hybridized carbons (Fsp3) is 0. The van der Waals surface area contributed by atoms with Crippen LogP contribution in [0.5, 0.6) is 5.75 Å². The van der Waals surface area contributed by atoms with E-state index in [0.29, 0.717) is 5.39 Å². The molecule has 0 aliphatic carbocycles. The van der Waals surface area contributed by atoms with Gasteiger partial charge >= 0.3 is 16.0 Å². The van der Waals surface area contributed by atoms with Gasteiger partial charge in [-0.1, -0.05) is 0 Å². The largest absolute Gasteiger partial charge is 0.446 e. The Morgan fingerprint density at radius 2 is 1.88 bits per heavy atom. The predicted molar refractivity (Wildman–Crippen MR) is 54.7 cm³/mol. The van der Waals surface area contributed by atoms with Crippen molar-refractivity contribution in [2.24, 2.45) is 0 Å². The Balaban J connectivity index is 2.55. The Labute approximate surface area is 90.0 Å². The highest BCUT2D eigenvalue weighted by atomic mass is 32.3. The van der Waals surface area contributed by atoms with Gasteiger partial charge in [0.1, 0.15) is 11.3 Å². The second-order valence-electron chi connectivity index (χ2n) is 2.97. The van der Waals surface area contributed by atoms with E-state index in [9.17, 15) is 13.2 Å². The van der Waals surface area contributed by atoms with Crippen LogP contribution < -0.4 is 9.81 Å². The molecule has 0 radical (unpaired) electrons. The van der Waals surface area contributed by atoms with Gasteiger partial charge in [0.2, 0.25) is 0 Å². The molecule has 2 rings (SSSR count). The third-order valence-corrected chi connectivity index (χ3v) is 2.20. The van der Waals surface area contributed by atoms with E-state index >= 15 is 0 Å². The molecule has 0 atom stereocenters. The van der Waals surface area contributed by atoms with Gasteiger partial charge in [-0.25, -0.2) is 4.79 Å². The van der Waals surface area contributed by atoms with Gasteiger partial charge in [-0.2, -0.15) is 8.42 Å². The number of hydrogen-bond acceptors (Lipinski definition) is 5. The minimum absolute atomic E-state index is 0.135. The molecule has 0 bridgehead atoms. The van der Waals surface area contributed by atoms with E-state index in [1.165, 1.54) is 30.3 Å². The van der Waals surface area contributed by atoms with Crippen LogP contribution >= 0.6 is 0 Å². The highest BCUT2D eigenvalue weighted by Gasteiger charge is 2.08. The van der Waals surface area contributed by atoms with Crippen molar-refractivity contribution in [2.45, 2.75) is 0 Å². The first-order chi connectivity index (χ1) is 7.44. The minimum Gasteiger partial charge on any atom is -0.423 e. The van der Waals surface area contributed by atoms with Crippen molar-refractivity contribution in [3.05, 3.63) is 40.8 Å². The third kappa shape index (κ3) is 2.38. The van der Waals surface area contributed by atoms with Crippen molar-refractivity contribution < 1.29 is 21.6 Å². The molecule has 16 heavy (non-hydrogen) atoms. The predicted octanol–water partition coefficient (Wildman–Crippen LogP) is 0.975. The molecule has 0 fully saturated rings. The molecule has 1 N–H and O–H groups in total. The Kier molecular flexibility index (Phi) is 2.41. The second-order valence-corrected chi connectivity index (χ2v) is 3.99. The molecule has 84 valence electrons. The summed E-state index contributed by atoms with van der Waals surface area (Å²) in [5.41, 5.74) is -0.384. The van der Waals surface area contributed by atoms with E-state index in [0.717, 1.165) is 0 Å². The maximum atomic E-state index is 10.9. The van der Waals surface area contributed by atoms with Crippen molar-refractivity contribution in [1.82, 2.24) is 0 Å². The Bertz CT molecular complexity index is 684. The van der Waals surface area contributed by atoms with E-state index in [1.54, 1.807) is 0 Å². The molecule has 0 aliphatic heterocycles. The summed E-state index contributed by atoms with van der Waals surface area (Å²) in [6.45, 7) is 0. The van der Waals surface area contributed by atoms with E-state index < -0.39 is 16.0 Å². The molecule has 0 saturated carbocycles. The van der Waals surface area contributed by atoms with Crippen LogP contribution in [0.2, 0.25) is 0 Å². The van der Waals surface area contributed by atoms with Crippen LogP contribution in [0.3, 0.4) is 0 Å².